The maximum absolute atomic E-state index is 13.5. The molecule has 0 unspecified atom stereocenters. The van der Waals surface area contributed by atoms with Gasteiger partial charge in [-0.2, -0.15) is 0 Å². The molecule has 2 amide bonds. The van der Waals surface area contributed by atoms with E-state index in [4.69, 9.17) is 13.9 Å². The van der Waals surface area contributed by atoms with E-state index in [1.54, 1.807) is 40.5 Å². The van der Waals surface area contributed by atoms with Crippen molar-refractivity contribution >= 4 is 45.2 Å². The summed E-state index contributed by atoms with van der Waals surface area (Å²) in [4.78, 5) is 29.0. The van der Waals surface area contributed by atoms with E-state index in [1.807, 2.05) is 35.7 Å². The van der Waals surface area contributed by atoms with Gasteiger partial charge in [-0.3, -0.25) is 9.59 Å². The summed E-state index contributed by atoms with van der Waals surface area (Å²) in [6.07, 6.45) is 1.44. The first-order valence-corrected chi connectivity index (χ1v) is 11.6. The third-order valence-electron chi connectivity index (χ3n) is 4.78. The van der Waals surface area contributed by atoms with Gasteiger partial charge >= 0.3 is 0 Å². The number of nitrogens with one attached hydrogen (secondary N) is 1. The minimum absolute atomic E-state index is 0.168. The summed E-state index contributed by atoms with van der Waals surface area (Å²) in [6.45, 7) is 1.40. The van der Waals surface area contributed by atoms with Crippen molar-refractivity contribution in [2.45, 2.75) is 6.54 Å². The van der Waals surface area contributed by atoms with Crippen molar-refractivity contribution in [3.05, 3.63) is 81.8 Å². The summed E-state index contributed by atoms with van der Waals surface area (Å²) in [5.41, 5.74) is 0.710. The van der Waals surface area contributed by atoms with Gasteiger partial charge in [-0.05, 0) is 47.8 Å². The monoisotopic (exact) mass is 466 g/mol. The molecule has 3 aromatic heterocycles. The molecule has 4 aromatic rings. The molecule has 0 spiro atoms. The molecule has 9 heteroatoms. The minimum Gasteiger partial charge on any atom is -0.486 e. The lowest BCUT2D eigenvalue weighted by Gasteiger charge is -2.24. The molecule has 0 aliphatic carbocycles. The highest BCUT2D eigenvalue weighted by atomic mass is 32.1. The van der Waals surface area contributed by atoms with Crippen molar-refractivity contribution < 1.29 is 23.5 Å². The fourth-order valence-electron chi connectivity index (χ4n) is 3.27. The van der Waals surface area contributed by atoms with Gasteiger partial charge in [0.15, 0.2) is 17.3 Å². The van der Waals surface area contributed by atoms with Crippen LogP contribution in [0.3, 0.4) is 0 Å². The second-order valence-electron chi connectivity index (χ2n) is 6.89. The first-order chi connectivity index (χ1) is 15.7. The number of benzene rings is 1. The molecule has 4 heterocycles. The Bertz CT molecular complexity index is 1230. The lowest BCUT2D eigenvalue weighted by Crippen LogP contribution is -2.29. The summed E-state index contributed by atoms with van der Waals surface area (Å²) < 4.78 is 16.4. The first-order valence-electron chi connectivity index (χ1n) is 9.86. The minimum atomic E-state index is -0.363. The molecule has 1 aliphatic rings. The Hall–Kier alpha value is -3.56. The van der Waals surface area contributed by atoms with Gasteiger partial charge in [0.1, 0.15) is 13.2 Å². The van der Waals surface area contributed by atoms with E-state index in [2.05, 4.69) is 5.32 Å². The highest BCUT2D eigenvalue weighted by Gasteiger charge is 2.23. The van der Waals surface area contributed by atoms with E-state index in [1.165, 1.54) is 17.6 Å². The van der Waals surface area contributed by atoms with Crippen LogP contribution in [-0.4, -0.2) is 25.0 Å². The zero-order valence-electron chi connectivity index (χ0n) is 16.8. The maximum atomic E-state index is 13.5. The second-order valence-corrected chi connectivity index (χ2v) is 9.01. The van der Waals surface area contributed by atoms with Gasteiger partial charge in [0.05, 0.1) is 22.7 Å². The molecule has 1 N–H and O–H groups in total. The van der Waals surface area contributed by atoms with Crippen LogP contribution >= 0.6 is 22.7 Å². The van der Waals surface area contributed by atoms with Crippen molar-refractivity contribution in [2.75, 3.05) is 23.4 Å². The molecule has 5 rings (SSSR count). The molecular weight excluding hydrogens is 448 g/mol. The molecule has 0 bridgehead atoms. The van der Waals surface area contributed by atoms with Crippen LogP contribution in [0.2, 0.25) is 0 Å². The van der Waals surface area contributed by atoms with E-state index in [0.717, 1.165) is 4.88 Å². The van der Waals surface area contributed by atoms with Crippen LogP contribution in [0, 0.1) is 0 Å². The van der Waals surface area contributed by atoms with Crippen LogP contribution < -0.4 is 19.7 Å². The van der Waals surface area contributed by atoms with Crippen LogP contribution in [0.5, 0.6) is 11.5 Å². The SMILES string of the molecule is O=C(Nc1ccc(C(=O)N(Cc2cccs2)c2ccc3c(c2)OCCO3)s1)c1ccco1. The Balaban J connectivity index is 1.41. The molecule has 0 saturated heterocycles. The topological polar surface area (TPSA) is 81.0 Å². The van der Waals surface area contributed by atoms with Crippen molar-refractivity contribution in [1.29, 1.82) is 0 Å². The van der Waals surface area contributed by atoms with Gasteiger partial charge in [-0.1, -0.05) is 6.07 Å². The molecule has 0 radical (unpaired) electrons. The number of amides is 2. The zero-order valence-corrected chi connectivity index (χ0v) is 18.4. The largest absolute Gasteiger partial charge is 0.486 e. The Morgan fingerprint density at radius 1 is 1.00 bits per heavy atom. The molecule has 1 aromatic carbocycles. The number of nitrogens with zero attached hydrogens (tertiary/aromatic N) is 1. The van der Waals surface area contributed by atoms with E-state index >= 15 is 0 Å². The van der Waals surface area contributed by atoms with Gasteiger partial charge in [-0.15, -0.1) is 22.7 Å². The average molecular weight is 467 g/mol. The van der Waals surface area contributed by atoms with Crippen LogP contribution in [0.25, 0.3) is 0 Å². The molecule has 162 valence electrons. The van der Waals surface area contributed by atoms with E-state index in [-0.39, 0.29) is 17.6 Å². The number of hydrogen-bond acceptors (Lipinski definition) is 7. The molecule has 7 nitrogen and oxygen atoms in total. The smallest absolute Gasteiger partial charge is 0.291 e. The fourth-order valence-corrected chi connectivity index (χ4v) is 4.82. The number of fused-ring (bicyclic) bond motifs is 1. The van der Waals surface area contributed by atoms with Crippen molar-refractivity contribution in [1.82, 2.24) is 0 Å². The van der Waals surface area contributed by atoms with Gasteiger partial charge in [-0.25, -0.2) is 0 Å². The second kappa shape index (κ2) is 8.89. The molecule has 0 fully saturated rings. The summed E-state index contributed by atoms with van der Waals surface area (Å²) in [7, 11) is 0. The van der Waals surface area contributed by atoms with Crippen molar-refractivity contribution in [2.24, 2.45) is 0 Å². The standard InChI is InChI=1S/C23H18N2O5S2/c26-22(18-4-1-9-28-18)24-21-8-7-20(32-21)23(27)25(14-16-3-2-12-31-16)15-5-6-17-19(13-15)30-11-10-29-17/h1-9,12-13H,10-11,14H2,(H,24,26). The van der Waals surface area contributed by atoms with E-state index < -0.39 is 0 Å². The molecule has 0 atom stereocenters. The Labute approximate surface area is 191 Å². The predicted molar refractivity (Wildman–Crippen MR) is 123 cm³/mol. The third kappa shape index (κ3) is 4.25. The lowest BCUT2D eigenvalue weighted by molar-refractivity contribution is 0.0984. The third-order valence-corrected chi connectivity index (χ3v) is 6.62. The summed E-state index contributed by atoms with van der Waals surface area (Å²) in [5.74, 6) is 0.969. The number of rotatable bonds is 6. The van der Waals surface area contributed by atoms with E-state index in [0.29, 0.717) is 46.8 Å². The quantitative estimate of drug-likeness (QED) is 0.419. The Kier molecular flexibility index (Phi) is 5.66. The Morgan fingerprint density at radius 3 is 2.66 bits per heavy atom. The number of ether oxygens (including phenoxy) is 2. The van der Waals surface area contributed by atoms with Crippen LogP contribution in [0.1, 0.15) is 25.1 Å². The zero-order chi connectivity index (χ0) is 21.9. The highest BCUT2D eigenvalue weighted by Crippen LogP contribution is 2.36. The number of carbonyl (C=O) groups excluding carboxylic acids is 2. The average Bonchev–Trinajstić information content (AvgIpc) is 3.60. The van der Waals surface area contributed by atoms with Crippen molar-refractivity contribution in [3.8, 4) is 11.5 Å². The number of anilines is 2. The summed E-state index contributed by atoms with van der Waals surface area (Å²) in [6, 6.07) is 16.1. The molecule has 1 aliphatic heterocycles. The Morgan fingerprint density at radius 2 is 1.88 bits per heavy atom. The van der Waals surface area contributed by atoms with Crippen LogP contribution in [0.15, 0.2) is 70.7 Å². The number of carbonyl (C=O) groups is 2. The number of thiophene rings is 2. The summed E-state index contributed by atoms with van der Waals surface area (Å²) >= 11 is 2.80. The molecule has 32 heavy (non-hydrogen) atoms. The molecule has 0 saturated carbocycles. The lowest BCUT2D eigenvalue weighted by atomic mass is 10.2. The predicted octanol–water partition coefficient (Wildman–Crippen LogP) is 5.27. The van der Waals surface area contributed by atoms with Gasteiger partial charge < -0.3 is 24.1 Å². The summed E-state index contributed by atoms with van der Waals surface area (Å²) in [5, 5.41) is 5.31. The maximum Gasteiger partial charge on any atom is 0.291 e. The number of furan rings is 1. The van der Waals surface area contributed by atoms with Gasteiger partial charge in [0.25, 0.3) is 11.8 Å². The first kappa shape index (κ1) is 20.3. The van der Waals surface area contributed by atoms with Crippen molar-refractivity contribution in [3.63, 3.8) is 0 Å². The van der Waals surface area contributed by atoms with Gasteiger partial charge in [0.2, 0.25) is 0 Å². The van der Waals surface area contributed by atoms with Gasteiger partial charge in [0, 0.05) is 16.6 Å². The number of hydrogen-bond donors (Lipinski definition) is 1. The fraction of sp³-hybridized carbons (Fsp3) is 0.130. The highest BCUT2D eigenvalue weighted by molar-refractivity contribution is 7.18. The normalized spacial score (nSPS) is 12.4. The van der Waals surface area contributed by atoms with E-state index in [9.17, 15) is 9.59 Å². The van der Waals surface area contributed by atoms with Crippen LogP contribution in [-0.2, 0) is 6.54 Å². The van der Waals surface area contributed by atoms with Crippen LogP contribution in [0.4, 0.5) is 10.7 Å². The molecular formula is C23H18N2O5S2.